The number of amides is 4. The van der Waals surface area contributed by atoms with Crippen LogP contribution in [0.25, 0.3) is 6.08 Å². The van der Waals surface area contributed by atoms with Crippen LogP contribution in [0, 0.1) is 6.92 Å². The van der Waals surface area contributed by atoms with Crippen LogP contribution in [0.3, 0.4) is 0 Å². The Morgan fingerprint density at radius 3 is 2.14 bits per heavy atom. The van der Waals surface area contributed by atoms with Gasteiger partial charge >= 0.3 is 6.03 Å². The van der Waals surface area contributed by atoms with Crippen molar-refractivity contribution in [3.8, 4) is 17.2 Å². The van der Waals surface area contributed by atoms with Gasteiger partial charge in [-0.25, -0.2) is 9.69 Å². The molecule has 4 amide bonds. The summed E-state index contributed by atoms with van der Waals surface area (Å²) < 4.78 is 16.7. The van der Waals surface area contributed by atoms with Crippen molar-refractivity contribution in [3.05, 3.63) is 89.0 Å². The highest BCUT2D eigenvalue weighted by Crippen LogP contribution is 2.25. The Morgan fingerprint density at radius 1 is 0.838 bits per heavy atom. The molecule has 0 atom stereocenters. The molecule has 1 heterocycles. The fraction of sp³-hybridized carbons (Fsp3) is 0.207. The van der Waals surface area contributed by atoms with Crippen LogP contribution >= 0.6 is 0 Å². The van der Waals surface area contributed by atoms with E-state index in [4.69, 9.17) is 14.2 Å². The Hall–Kier alpha value is -4.59. The Labute approximate surface area is 215 Å². The molecule has 4 rings (SSSR count). The second-order valence-electron chi connectivity index (χ2n) is 8.43. The fourth-order valence-electron chi connectivity index (χ4n) is 3.88. The zero-order valence-corrected chi connectivity index (χ0v) is 20.9. The van der Waals surface area contributed by atoms with Gasteiger partial charge in [-0.1, -0.05) is 25.1 Å². The molecule has 0 spiro atoms. The van der Waals surface area contributed by atoms with E-state index in [1.54, 1.807) is 48.5 Å². The van der Waals surface area contributed by atoms with Gasteiger partial charge in [0.15, 0.2) is 0 Å². The molecule has 0 bridgehead atoms. The third-order valence-electron chi connectivity index (χ3n) is 5.76. The van der Waals surface area contributed by atoms with Gasteiger partial charge in [0.2, 0.25) is 0 Å². The normalized spacial score (nSPS) is 14.5. The molecule has 1 fully saturated rings. The Balaban J connectivity index is 1.39. The van der Waals surface area contributed by atoms with E-state index >= 15 is 0 Å². The quantitative estimate of drug-likeness (QED) is 0.260. The molecule has 1 saturated heterocycles. The molecule has 8 heteroatoms. The number of urea groups is 1. The second-order valence-corrected chi connectivity index (χ2v) is 8.43. The summed E-state index contributed by atoms with van der Waals surface area (Å²) in [5, 5.41) is 2.22. The first-order valence-corrected chi connectivity index (χ1v) is 11.9. The summed E-state index contributed by atoms with van der Waals surface area (Å²) in [5.41, 5.74) is 3.16. The molecule has 0 aromatic heterocycles. The topological polar surface area (TPSA) is 94.2 Å². The molecule has 0 aliphatic carbocycles. The maximum atomic E-state index is 13.0. The number of ether oxygens (including phenoxy) is 3. The average Bonchev–Trinajstić information content (AvgIpc) is 2.89. The minimum Gasteiger partial charge on any atom is -0.497 e. The number of imide groups is 2. The number of methoxy groups -OCH3 is 1. The van der Waals surface area contributed by atoms with E-state index in [9.17, 15) is 14.4 Å². The van der Waals surface area contributed by atoms with Crippen LogP contribution in [-0.4, -0.2) is 38.2 Å². The third kappa shape index (κ3) is 6.16. The fourth-order valence-corrected chi connectivity index (χ4v) is 3.88. The SMILES string of the molecule is CCc1cc(C)cc(OCCOc2ccc(/C=C3/C(=O)NC(=O)N(c4ccc(OC)cc4)C3=O)cc2)c1. The number of barbiturate groups is 1. The van der Waals surface area contributed by atoms with Crippen molar-refractivity contribution in [1.29, 1.82) is 0 Å². The molecule has 1 aliphatic heterocycles. The lowest BCUT2D eigenvalue weighted by molar-refractivity contribution is -0.122. The first-order valence-electron chi connectivity index (χ1n) is 11.9. The zero-order valence-electron chi connectivity index (χ0n) is 20.9. The predicted molar refractivity (Wildman–Crippen MR) is 140 cm³/mol. The number of hydrogen-bond donors (Lipinski definition) is 1. The van der Waals surface area contributed by atoms with Gasteiger partial charge in [-0.3, -0.25) is 14.9 Å². The second kappa shape index (κ2) is 11.4. The van der Waals surface area contributed by atoms with Gasteiger partial charge in [0, 0.05) is 0 Å². The number of rotatable bonds is 9. The van der Waals surface area contributed by atoms with E-state index in [0.29, 0.717) is 36.0 Å². The molecule has 0 radical (unpaired) electrons. The lowest BCUT2D eigenvalue weighted by Gasteiger charge is -2.26. The molecule has 1 N–H and O–H groups in total. The van der Waals surface area contributed by atoms with E-state index in [1.165, 1.54) is 18.7 Å². The van der Waals surface area contributed by atoms with E-state index in [2.05, 4.69) is 18.3 Å². The summed E-state index contributed by atoms with van der Waals surface area (Å²) in [7, 11) is 1.52. The van der Waals surface area contributed by atoms with Crippen LogP contribution < -0.4 is 24.4 Å². The van der Waals surface area contributed by atoms with Crippen LogP contribution in [0.4, 0.5) is 10.5 Å². The van der Waals surface area contributed by atoms with E-state index in [0.717, 1.165) is 22.6 Å². The van der Waals surface area contributed by atoms with Crippen molar-refractivity contribution in [2.24, 2.45) is 0 Å². The standard InChI is InChI=1S/C29H28N2O6/c1-4-20-15-19(2)16-25(17-20)37-14-13-36-24-9-5-21(6-10-24)18-26-27(32)30-29(34)31(28(26)33)22-7-11-23(35-3)12-8-22/h5-12,15-18H,4,13-14H2,1-3H3,(H,30,32,34)/b26-18-. The molecular weight excluding hydrogens is 472 g/mol. The van der Waals surface area contributed by atoms with Crippen LogP contribution in [0.2, 0.25) is 0 Å². The molecule has 0 unspecified atom stereocenters. The first-order chi connectivity index (χ1) is 17.9. The maximum Gasteiger partial charge on any atom is 0.335 e. The molecular formula is C29H28N2O6. The highest BCUT2D eigenvalue weighted by molar-refractivity contribution is 6.39. The Bertz CT molecular complexity index is 1330. The maximum absolute atomic E-state index is 13.0. The van der Waals surface area contributed by atoms with E-state index in [-0.39, 0.29) is 5.57 Å². The first kappa shape index (κ1) is 25.5. The van der Waals surface area contributed by atoms with Gasteiger partial charge in [0.1, 0.15) is 36.0 Å². The number of anilines is 1. The minimum atomic E-state index is -0.806. The summed E-state index contributed by atoms with van der Waals surface area (Å²) in [6, 6.07) is 18.7. The van der Waals surface area contributed by atoms with Gasteiger partial charge in [0.05, 0.1) is 12.8 Å². The lowest BCUT2D eigenvalue weighted by atomic mass is 10.1. The van der Waals surface area contributed by atoms with Crippen molar-refractivity contribution in [2.45, 2.75) is 20.3 Å². The van der Waals surface area contributed by atoms with E-state index in [1.807, 2.05) is 19.1 Å². The van der Waals surface area contributed by atoms with Crippen molar-refractivity contribution in [3.63, 3.8) is 0 Å². The predicted octanol–water partition coefficient (Wildman–Crippen LogP) is 4.69. The summed E-state index contributed by atoms with van der Waals surface area (Å²) in [6.45, 7) is 4.89. The van der Waals surface area contributed by atoms with Gasteiger partial charge in [-0.15, -0.1) is 0 Å². The van der Waals surface area contributed by atoms with Gasteiger partial charge in [-0.2, -0.15) is 0 Å². The molecule has 1 aliphatic rings. The number of nitrogens with zero attached hydrogens (tertiary/aromatic N) is 1. The Morgan fingerprint density at radius 2 is 1.49 bits per heavy atom. The molecule has 37 heavy (non-hydrogen) atoms. The van der Waals surface area contributed by atoms with Gasteiger partial charge < -0.3 is 14.2 Å². The summed E-state index contributed by atoms with van der Waals surface area (Å²) in [5.74, 6) is 0.562. The van der Waals surface area contributed by atoms with Crippen LogP contribution in [-0.2, 0) is 16.0 Å². The number of carbonyl (C=O) groups is 3. The monoisotopic (exact) mass is 500 g/mol. The number of nitrogens with one attached hydrogen (secondary N) is 1. The van der Waals surface area contributed by atoms with Crippen LogP contribution in [0.5, 0.6) is 17.2 Å². The van der Waals surface area contributed by atoms with Crippen molar-refractivity contribution in [2.75, 3.05) is 25.2 Å². The highest BCUT2D eigenvalue weighted by atomic mass is 16.5. The number of benzene rings is 3. The summed E-state index contributed by atoms with van der Waals surface area (Å²) in [4.78, 5) is 38.7. The van der Waals surface area contributed by atoms with E-state index < -0.39 is 17.8 Å². The van der Waals surface area contributed by atoms with Crippen molar-refractivity contribution in [1.82, 2.24) is 5.32 Å². The molecule has 8 nitrogen and oxygen atoms in total. The third-order valence-corrected chi connectivity index (χ3v) is 5.76. The zero-order chi connectivity index (χ0) is 26.4. The van der Waals surface area contributed by atoms with Crippen molar-refractivity contribution < 1.29 is 28.6 Å². The molecule has 190 valence electrons. The van der Waals surface area contributed by atoms with Gasteiger partial charge in [-0.05, 0) is 84.6 Å². The highest BCUT2D eigenvalue weighted by Gasteiger charge is 2.36. The minimum absolute atomic E-state index is 0.151. The molecule has 3 aromatic rings. The molecule has 0 saturated carbocycles. The van der Waals surface area contributed by atoms with Crippen LogP contribution in [0.1, 0.15) is 23.6 Å². The van der Waals surface area contributed by atoms with Crippen molar-refractivity contribution >= 4 is 29.6 Å². The number of aryl methyl sites for hydroxylation is 2. The Kier molecular flexibility index (Phi) is 7.88. The molecule has 3 aromatic carbocycles. The van der Waals surface area contributed by atoms with Crippen LogP contribution in [0.15, 0.2) is 72.3 Å². The average molecular weight is 501 g/mol. The van der Waals surface area contributed by atoms with Gasteiger partial charge in [0.25, 0.3) is 11.8 Å². The smallest absolute Gasteiger partial charge is 0.335 e. The number of carbonyl (C=O) groups excluding carboxylic acids is 3. The summed E-state index contributed by atoms with van der Waals surface area (Å²) >= 11 is 0. The number of hydrogen-bond acceptors (Lipinski definition) is 6. The summed E-state index contributed by atoms with van der Waals surface area (Å²) in [6.07, 6.45) is 2.39. The largest absolute Gasteiger partial charge is 0.497 e. The lowest BCUT2D eigenvalue weighted by Crippen LogP contribution is -2.54.